The summed E-state index contributed by atoms with van der Waals surface area (Å²) in [5, 5.41) is 6.65. The van der Waals surface area contributed by atoms with Gasteiger partial charge in [0, 0.05) is 18.5 Å². The standard InChI is InChI=1S/C21H25N3O4/c1-3-13-28-18-10-9-16(14-19(18)27-2)15-22-24-21(26)12-11-20(25)23-17-7-5-4-6-8-17/h4-10,14-15H,3,11-13H2,1-2H3,(H,23,25)(H,24,26)/b22-15+. The summed E-state index contributed by atoms with van der Waals surface area (Å²) >= 11 is 0. The van der Waals surface area contributed by atoms with Crippen LogP contribution in [0.3, 0.4) is 0 Å². The third kappa shape index (κ3) is 7.11. The van der Waals surface area contributed by atoms with Crippen LogP contribution >= 0.6 is 0 Å². The van der Waals surface area contributed by atoms with E-state index in [2.05, 4.69) is 15.8 Å². The molecule has 2 aromatic carbocycles. The molecule has 7 heteroatoms. The monoisotopic (exact) mass is 383 g/mol. The van der Waals surface area contributed by atoms with Gasteiger partial charge >= 0.3 is 0 Å². The first-order chi connectivity index (χ1) is 13.6. The molecule has 2 amide bonds. The third-order valence-electron chi connectivity index (χ3n) is 3.69. The van der Waals surface area contributed by atoms with E-state index in [0.29, 0.717) is 23.8 Å². The minimum Gasteiger partial charge on any atom is -0.493 e. The second-order valence-corrected chi connectivity index (χ2v) is 5.97. The minimum absolute atomic E-state index is 0.0448. The third-order valence-corrected chi connectivity index (χ3v) is 3.69. The predicted molar refractivity (Wildman–Crippen MR) is 109 cm³/mol. The molecule has 0 bridgehead atoms. The fraction of sp³-hybridized carbons (Fsp3) is 0.286. The molecule has 0 spiro atoms. The van der Waals surface area contributed by atoms with Gasteiger partial charge in [0.15, 0.2) is 11.5 Å². The van der Waals surface area contributed by atoms with Crippen molar-refractivity contribution >= 4 is 23.7 Å². The fourth-order valence-corrected chi connectivity index (χ4v) is 2.30. The first-order valence-electron chi connectivity index (χ1n) is 9.10. The Bertz CT molecular complexity index is 807. The summed E-state index contributed by atoms with van der Waals surface area (Å²) in [6.45, 7) is 2.64. The predicted octanol–water partition coefficient (Wildman–Crippen LogP) is 3.35. The summed E-state index contributed by atoms with van der Waals surface area (Å²) < 4.78 is 10.9. The molecular weight excluding hydrogens is 358 g/mol. The van der Waals surface area contributed by atoms with Crippen molar-refractivity contribution in [3.63, 3.8) is 0 Å². The number of amides is 2. The molecule has 0 aliphatic rings. The van der Waals surface area contributed by atoms with E-state index >= 15 is 0 Å². The van der Waals surface area contributed by atoms with Crippen molar-refractivity contribution in [2.24, 2.45) is 5.10 Å². The van der Waals surface area contributed by atoms with Crippen molar-refractivity contribution in [3.8, 4) is 11.5 Å². The average molecular weight is 383 g/mol. The van der Waals surface area contributed by atoms with Crippen LogP contribution in [0.5, 0.6) is 11.5 Å². The van der Waals surface area contributed by atoms with Gasteiger partial charge < -0.3 is 14.8 Å². The van der Waals surface area contributed by atoms with E-state index in [-0.39, 0.29) is 24.7 Å². The van der Waals surface area contributed by atoms with Gasteiger partial charge in [-0.25, -0.2) is 5.43 Å². The highest BCUT2D eigenvalue weighted by Crippen LogP contribution is 2.27. The number of methoxy groups -OCH3 is 1. The van der Waals surface area contributed by atoms with Crippen LogP contribution in [0, 0.1) is 0 Å². The molecule has 148 valence electrons. The van der Waals surface area contributed by atoms with Crippen LogP contribution < -0.4 is 20.2 Å². The highest BCUT2D eigenvalue weighted by atomic mass is 16.5. The molecule has 0 atom stereocenters. The van der Waals surface area contributed by atoms with Crippen molar-refractivity contribution in [2.75, 3.05) is 19.0 Å². The number of hydrogen-bond acceptors (Lipinski definition) is 5. The van der Waals surface area contributed by atoms with Gasteiger partial charge in [0.05, 0.1) is 19.9 Å². The van der Waals surface area contributed by atoms with Crippen molar-refractivity contribution in [1.29, 1.82) is 0 Å². The number of carbonyl (C=O) groups excluding carboxylic acids is 2. The van der Waals surface area contributed by atoms with E-state index < -0.39 is 0 Å². The fourth-order valence-electron chi connectivity index (χ4n) is 2.30. The van der Waals surface area contributed by atoms with Gasteiger partial charge in [-0.15, -0.1) is 0 Å². The summed E-state index contributed by atoms with van der Waals surface area (Å²) in [5.74, 6) is 0.698. The highest BCUT2D eigenvalue weighted by molar-refractivity contribution is 5.93. The average Bonchev–Trinajstić information content (AvgIpc) is 2.72. The molecule has 2 N–H and O–H groups in total. The largest absolute Gasteiger partial charge is 0.493 e. The van der Waals surface area contributed by atoms with Gasteiger partial charge in [-0.3, -0.25) is 9.59 Å². The van der Waals surface area contributed by atoms with E-state index in [4.69, 9.17) is 9.47 Å². The summed E-state index contributed by atoms with van der Waals surface area (Å²) in [4.78, 5) is 23.7. The molecule has 0 saturated heterocycles. The molecule has 0 aliphatic heterocycles. The smallest absolute Gasteiger partial charge is 0.240 e. The number of nitrogens with one attached hydrogen (secondary N) is 2. The summed E-state index contributed by atoms with van der Waals surface area (Å²) in [5.41, 5.74) is 3.87. The molecule has 0 aliphatic carbocycles. The van der Waals surface area contributed by atoms with Crippen LogP contribution in [0.2, 0.25) is 0 Å². The van der Waals surface area contributed by atoms with Crippen molar-refractivity contribution in [3.05, 3.63) is 54.1 Å². The molecule has 0 aromatic heterocycles. The summed E-state index contributed by atoms with van der Waals surface area (Å²) in [6.07, 6.45) is 2.53. The lowest BCUT2D eigenvalue weighted by Crippen LogP contribution is -2.20. The molecule has 2 rings (SSSR count). The van der Waals surface area contributed by atoms with Crippen LogP contribution in [0.4, 0.5) is 5.69 Å². The topological polar surface area (TPSA) is 89.0 Å². The van der Waals surface area contributed by atoms with Crippen LogP contribution in [0.15, 0.2) is 53.6 Å². The highest BCUT2D eigenvalue weighted by Gasteiger charge is 2.07. The van der Waals surface area contributed by atoms with Crippen molar-refractivity contribution in [2.45, 2.75) is 26.2 Å². The molecule has 0 heterocycles. The zero-order valence-electron chi connectivity index (χ0n) is 16.1. The molecular formula is C21H25N3O4. The van der Waals surface area contributed by atoms with Gasteiger partial charge in [-0.05, 0) is 42.3 Å². The first-order valence-corrected chi connectivity index (χ1v) is 9.10. The molecule has 7 nitrogen and oxygen atoms in total. The number of rotatable bonds is 10. The number of carbonyl (C=O) groups is 2. The van der Waals surface area contributed by atoms with Gasteiger partial charge in [0.2, 0.25) is 11.8 Å². The van der Waals surface area contributed by atoms with Crippen molar-refractivity contribution in [1.82, 2.24) is 5.43 Å². The second kappa shape index (κ2) is 11.4. The zero-order valence-corrected chi connectivity index (χ0v) is 16.1. The lowest BCUT2D eigenvalue weighted by atomic mass is 10.2. The Hall–Kier alpha value is -3.35. The van der Waals surface area contributed by atoms with Crippen molar-refractivity contribution < 1.29 is 19.1 Å². The van der Waals surface area contributed by atoms with E-state index in [1.54, 1.807) is 31.4 Å². The SMILES string of the molecule is CCCOc1ccc(/C=N/NC(=O)CCC(=O)Nc2ccccc2)cc1OC. The normalized spacial score (nSPS) is 10.5. The van der Waals surface area contributed by atoms with Gasteiger partial charge in [0.1, 0.15) is 0 Å². The van der Waals surface area contributed by atoms with Crippen LogP contribution in [-0.4, -0.2) is 31.7 Å². The first kappa shape index (κ1) is 21.0. The maximum atomic E-state index is 11.8. The van der Waals surface area contributed by atoms with E-state index in [0.717, 1.165) is 12.0 Å². The Labute approximate surface area is 164 Å². The maximum Gasteiger partial charge on any atom is 0.240 e. The minimum atomic E-state index is -0.339. The quantitative estimate of drug-likeness (QED) is 0.486. The molecule has 2 aromatic rings. The van der Waals surface area contributed by atoms with Gasteiger partial charge in [0.25, 0.3) is 0 Å². The Balaban J connectivity index is 1.78. The van der Waals surface area contributed by atoms with Crippen LogP contribution in [0.25, 0.3) is 0 Å². The molecule has 0 unspecified atom stereocenters. The number of hydrogen-bond donors (Lipinski definition) is 2. The Kier molecular flexibility index (Phi) is 8.52. The summed E-state index contributed by atoms with van der Waals surface area (Å²) in [7, 11) is 1.57. The van der Waals surface area contributed by atoms with E-state index in [9.17, 15) is 9.59 Å². The van der Waals surface area contributed by atoms with Gasteiger partial charge in [-0.1, -0.05) is 25.1 Å². The van der Waals surface area contributed by atoms with Crippen LogP contribution in [0.1, 0.15) is 31.7 Å². The molecule has 0 saturated carbocycles. The number of benzene rings is 2. The maximum absolute atomic E-state index is 11.8. The Morgan fingerprint density at radius 1 is 1.04 bits per heavy atom. The lowest BCUT2D eigenvalue weighted by molar-refractivity contribution is -0.124. The van der Waals surface area contributed by atoms with Crippen LogP contribution in [-0.2, 0) is 9.59 Å². The number of hydrazone groups is 1. The number of ether oxygens (including phenoxy) is 2. The number of nitrogens with zero attached hydrogens (tertiary/aromatic N) is 1. The molecule has 28 heavy (non-hydrogen) atoms. The van der Waals surface area contributed by atoms with E-state index in [1.807, 2.05) is 31.2 Å². The zero-order chi connectivity index (χ0) is 20.2. The summed E-state index contributed by atoms with van der Waals surface area (Å²) in [6, 6.07) is 14.5. The van der Waals surface area contributed by atoms with Gasteiger partial charge in [-0.2, -0.15) is 5.10 Å². The molecule has 0 radical (unpaired) electrons. The molecule has 0 fully saturated rings. The second-order valence-electron chi connectivity index (χ2n) is 5.97. The number of anilines is 1. The Morgan fingerprint density at radius 2 is 1.79 bits per heavy atom. The lowest BCUT2D eigenvalue weighted by Gasteiger charge is -2.10. The Morgan fingerprint density at radius 3 is 2.50 bits per heavy atom. The van der Waals surface area contributed by atoms with E-state index in [1.165, 1.54) is 6.21 Å². The number of para-hydroxylation sites is 1.